The van der Waals surface area contributed by atoms with Crippen molar-refractivity contribution < 1.29 is 32.2 Å². The third kappa shape index (κ3) is 5.92. The van der Waals surface area contributed by atoms with Gasteiger partial charge in [0, 0.05) is 13.2 Å². The first-order valence-corrected chi connectivity index (χ1v) is 7.62. The van der Waals surface area contributed by atoms with Gasteiger partial charge in [-0.2, -0.15) is 13.2 Å². The lowest BCUT2D eigenvalue weighted by atomic mass is 10.2. The maximum atomic E-state index is 12.1. The summed E-state index contributed by atoms with van der Waals surface area (Å²) in [5.41, 5.74) is 0.617. The second-order valence-electron chi connectivity index (χ2n) is 5.50. The topological polar surface area (TPSA) is 56.8 Å². The van der Waals surface area contributed by atoms with E-state index in [0.717, 1.165) is 19.4 Å². The monoisotopic (exact) mass is 347 g/mol. The predicted octanol–water partition coefficient (Wildman–Crippen LogP) is 2.82. The number of carbonyl (C=O) groups is 1. The number of carbonyl (C=O) groups excluding carboxylic acids is 1. The first kappa shape index (κ1) is 18.4. The second-order valence-corrected chi connectivity index (χ2v) is 5.50. The Labute approximate surface area is 138 Å². The van der Waals surface area contributed by atoms with Gasteiger partial charge in [-0.3, -0.25) is 4.79 Å². The summed E-state index contributed by atoms with van der Waals surface area (Å²) in [6.45, 7) is 1.14. The fourth-order valence-electron chi connectivity index (χ4n) is 2.34. The van der Waals surface area contributed by atoms with Crippen molar-refractivity contribution in [1.82, 2.24) is 5.32 Å². The summed E-state index contributed by atoms with van der Waals surface area (Å²) in [5.74, 6) is -0.0888. The quantitative estimate of drug-likeness (QED) is 0.824. The van der Waals surface area contributed by atoms with Crippen molar-refractivity contribution in [3.05, 3.63) is 23.8 Å². The van der Waals surface area contributed by atoms with Gasteiger partial charge in [-0.05, 0) is 30.5 Å². The zero-order valence-corrected chi connectivity index (χ0v) is 13.3. The number of amides is 1. The Balaban J connectivity index is 1.89. The maximum Gasteiger partial charge on any atom is 0.397 e. The smallest absolute Gasteiger partial charge is 0.397 e. The fourth-order valence-corrected chi connectivity index (χ4v) is 2.34. The highest BCUT2D eigenvalue weighted by Gasteiger charge is 2.30. The Morgan fingerprint density at radius 2 is 2.17 bits per heavy atom. The van der Waals surface area contributed by atoms with Crippen LogP contribution in [0.4, 0.5) is 13.2 Å². The van der Waals surface area contributed by atoms with Gasteiger partial charge in [0.05, 0.1) is 13.2 Å². The van der Waals surface area contributed by atoms with Crippen LogP contribution in [0.25, 0.3) is 0 Å². The summed E-state index contributed by atoms with van der Waals surface area (Å²) in [4.78, 5) is 11.2. The van der Waals surface area contributed by atoms with E-state index in [4.69, 9.17) is 14.2 Å². The normalized spacial score (nSPS) is 17.6. The van der Waals surface area contributed by atoms with E-state index in [-0.39, 0.29) is 12.6 Å². The van der Waals surface area contributed by atoms with Crippen LogP contribution < -0.4 is 14.8 Å². The van der Waals surface area contributed by atoms with Gasteiger partial charge in [0.1, 0.15) is 13.0 Å². The van der Waals surface area contributed by atoms with E-state index in [2.05, 4.69) is 5.32 Å². The molecule has 1 saturated heterocycles. The van der Waals surface area contributed by atoms with E-state index in [0.29, 0.717) is 23.7 Å². The fraction of sp³-hybridized carbons (Fsp3) is 0.562. The zero-order chi connectivity index (χ0) is 17.6. The summed E-state index contributed by atoms with van der Waals surface area (Å²) in [7, 11) is 1.47. The molecule has 134 valence electrons. The molecule has 1 unspecified atom stereocenters. The Morgan fingerprint density at radius 3 is 2.79 bits per heavy atom. The number of halogens is 3. The molecule has 1 N–H and O–H groups in total. The molecule has 5 nitrogen and oxygen atoms in total. The Hall–Kier alpha value is -1.96. The van der Waals surface area contributed by atoms with Crippen molar-refractivity contribution in [3.8, 4) is 11.5 Å². The first-order chi connectivity index (χ1) is 11.4. The van der Waals surface area contributed by atoms with Crippen molar-refractivity contribution in [3.63, 3.8) is 0 Å². The van der Waals surface area contributed by atoms with Crippen LogP contribution in [0.2, 0.25) is 0 Å². The van der Waals surface area contributed by atoms with Crippen LogP contribution in [-0.2, 0) is 16.1 Å². The molecule has 1 aliphatic heterocycles. The molecule has 24 heavy (non-hydrogen) atoms. The summed E-state index contributed by atoms with van der Waals surface area (Å²) in [6, 6.07) is 4.96. The van der Waals surface area contributed by atoms with Crippen LogP contribution in [0.3, 0.4) is 0 Å². The zero-order valence-electron chi connectivity index (χ0n) is 13.3. The molecule has 0 aliphatic carbocycles. The van der Waals surface area contributed by atoms with Crippen molar-refractivity contribution in [2.24, 2.45) is 0 Å². The van der Waals surface area contributed by atoms with Crippen LogP contribution in [0.1, 0.15) is 24.8 Å². The Kier molecular flexibility index (Phi) is 6.30. The third-order valence-corrected chi connectivity index (χ3v) is 3.53. The van der Waals surface area contributed by atoms with Crippen LogP contribution in [0.5, 0.6) is 11.5 Å². The number of alkyl halides is 3. The van der Waals surface area contributed by atoms with E-state index in [9.17, 15) is 18.0 Å². The van der Waals surface area contributed by atoms with E-state index < -0.39 is 18.5 Å². The number of rotatable bonds is 7. The van der Waals surface area contributed by atoms with Crippen molar-refractivity contribution in [1.29, 1.82) is 0 Å². The minimum Gasteiger partial charge on any atom is -0.493 e. The molecule has 1 aliphatic rings. The predicted molar refractivity (Wildman–Crippen MR) is 80.0 cm³/mol. The molecule has 0 aromatic heterocycles. The lowest BCUT2D eigenvalue weighted by Gasteiger charge is -2.15. The number of hydrogen-bond donors (Lipinski definition) is 1. The molecule has 1 amide bonds. The molecular formula is C16H20F3NO4. The molecule has 0 saturated carbocycles. The highest BCUT2D eigenvalue weighted by molar-refractivity contribution is 5.76. The van der Waals surface area contributed by atoms with E-state index in [1.807, 2.05) is 0 Å². The average Bonchev–Trinajstić information content (AvgIpc) is 3.03. The molecule has 0 radical (unpaired) electrons. The van der Waals surface area contributed by atoms with Gasteiger partial charge in [-0.1, -0.05) is 6.07 Å². The SMILES string of the molecule is COc1cc(CNC(=O)CC(F)(F)F)ccc1OCC1CCCO1. The number of benzene rings is 1. The maximum absolute atomic E-state index is 12.1. The van der Waals surface area contributed by atoms with Crippen molar-refractivity contribution in [2.75, 3.05) is 20.3 Å². The number of methoxy groups -OCH3 is 1. The highest BCUT2D eigenvalue weighted by Crippen LogP contribution is 2.29. The molecule has 2 rings (SSSR count). The molecule has 1 aromatic rings. The van der Waals surface area contributed by atoms with Gasteiger partial charge < -0.3 is 19.5 Å². The molecule has 1 aromatic carbocycles. The Morgan fingerprint density at radius 1 is 1.38 bits per heavy atom. The Bertz CT molecular complexity index is 557. The minimum atomic E-state index is -4.51. The van der Waals surface area contributed by atoms with Crippen molar-refractivity contribution >= 4 is 5.91 Å². The van der Waals surface area contributed by atoms with Gasteiger partial charge in [-0.15, -0.1) is 0 Å². The van der Waals surface area contributed by atoms with E-state index >= 15 is 0 Å². The van der Waals surface area contributed by atoms with Gasteiger partial charge in [0.2, 0.25) is 5.91 Å². The second kappa shape index (κ2) is 8.23. The molecule has 0 bridgehead atoms. The van der Waals surface area contributed by atoms with Crippen LogP contribution in [0, 0.1) is 0 Å². The molecule has 0 spiro atoms. The number of ether oxygens (including phenoxy) is 3. The standard InChI is InChI=1S/C16H20F3NO4/c1-22-14-7-11(9-20-15(21)8-16(17,18)19)4-5-13(14)24-10-12-3-2-6-23-12/h4-5,7,12H,2-3,6,8-10H2,1H3,(H,20,21). The minimum absolute atomic E-state index is 0.0166. The molecule has 1 heterocycles. The van der Waals surface area contributed by atoms with Crippen LogP contribution in [0.15, 0.2) is 18.2 Å². The van der Waals surface area contributed by atoms with Crippen LogP contribution in [-0.4, -0.2) is 38.5 Å². The molecule has 1 atom stereocenters. The van der Waals surface area contributed by atoms with Crippen LogP contribution >= 0.6 is 0 Å². The highest BCUT2D eigenvalue weighted by atomic mass is 19.4. The first-order valence-electron chi connectivity index (χ1n) is 7.62. The molecular weight excluding hydrogens is 327 g/mol. The third-order valence-electron chi connectivity index (χ3n) is 3.53. The molecule has 1 fully saturated rings. The average molecular weight is 347 g/mol. The number of hydrogen-bond acceptors (Lipinski definition) is 4. The van der Waals surface area contributed by atoms with E-state index in [1.165, 1.54) is 7.11 Å². The van der Waals surface area contributed by atoms with Gasteiger partial charge in [0.25, 0.3) is 0 Å². The van der Waals surface area contributed by atoms with Gasteiger partial charge in [0.15, 0.2) is 11.5 Å². The lowest BCUT2D eigenvalue weighted by Crippen LogP contribution is -2.28. The van der Waals surface area contributed by atoms with E-state index in [1.54, 1.807) is 18.2 Å². The largest absolute Gasteiger partial charge is 0.493 e. The van der Waals surface area contributed by atoms with Crippen molar-refractivity contribution in [2.45, 2.75) is 38.1 Å². The van der Waals surface area contributed by atoms with Gasteiger partial charge >= 0.3 is 6.18 Å². The summed E-state index contributed by atoms with van der Waals surface area (Å²) in [6.07, 6.45) is -3.97. The summed E-state index contributed by atoms with van der Waals surface area (Å²) < 4.78 is 52.7. The summed E-state index contributed by atoms with van der Waals surface area (Å²) >= 11 is 0. The number of nitrogens with one attached hydrogen (secondary N) is 1. The summed E-state index contributed by atoms with van der Waals surface area (Å²) in [5, 5.41) is 2.23. The lowest BCUT2D eigenvalue weighted by molar-refractivity contribution is -0.153. The molecule has 8 heteroatoms. The van der Waals surface area contributed by atoms with Gasteiger partial charge in [-0.25, -0.2) is 0 Å².